The fraction of sp³-hybridized carbons (Fsp3) is 0.0667. The first kappa shape index (κ1) is 12.8. The average Bonchev–Trinajstić information content (AvgIpc) is 2.85. The molecular weight excluding hydrogens is 325 g/mol. The quantitative estimate of drug-likeness (QED) is 0.711. The molecule has 2 aromatic carbocycles. The summed E-state index contributed by atoms with van der Waals surface area (Å²) < 4.78 is 15.2. The van der Waals surface area contributed by atoms with Gasteiger partial charge in [-0.05, 0) is 50.0 Å². The van der Waals surface area contributed by atoms with Gasteiger partial charge < -0.3 is 5.73 Å². The largest absolute Gasteiger partial charge is 0.320 e. The van der Waals surface area contributed by atoms with Gasteiger partial charge in [0.1, 0.15) is 5.82 Å². The van der Waals surface area contributed by atoms with Crippen LogP contribution in [0, 0.1) is 5.82 Å². The van der Waals surface area contributed by atoms with Crippen molar-refractivity contribution in [1.82, 2.24) is 0 Å². The molecule has 0 saturated carbocycles. The summed E-state index contributed by atoms with van der Waals surface area (Å²) in [6.07, 6.45) is 0. The number of benzene rings is 2. The van der Waals surface area contributed by atoms with E-state index in [1.165, 1.54) is 10.8 Å². The molecule has 0 aliphatic carbocycles. The van der Waals surface area contributed by atoms with Crippen LogP contribution in [0.15, 0.2) is 52.3 Å². The van der Waals surface area contributed by atoms with Crippen molar-refractivity contribution in [2.45, 2.75) is 6.04 Å². The third-order valence-corrected chi connectivity index (χ3v) is 4.98. The molecule has 0 radical (unpaired) electrons. The highest BCUT2D eigenvalue weighted by atomic mass is 79.9. The summed E-state index contributed by atoms with van der Waals surface area (Å²) in [5.41, 5.74) is 8.11. The second-order valence-corrected chi connectivity index (χ2v) is 6.01. The first-order valence-corrected chi connectivity index (χ1v) is 7.51. The zero-order chi connectivity index (χ0) is 13.4. The van der Waals surface area contributed by atoms with Crippen LogP contribution in [0.4, 0.5) is 4.39 Å². The highest BCUT2D eigenvalue weighted by Crippen LogP contribution is 2.35. The minimum Gasteiger partial charge on any atom is -0.320 e. The second kappa shape index (κ2) is 5.04. The van der Waals surface area contributed by atoms with E-state index in [1.54, 1.807) is 17.4 Å². The summed E-state index contributed by atoms with van der Waals surface area (Å²) >= 11 is 4.94. The Morgan fingerprint density at radius 2 is 1.84 bits per heavy atom. The van der Waals surface area contributed by atoms with Gasteiger partial charge in [0.15, 0.2) is 0 Å². The van der Waals surface area contributed by atoms with Gasteiger partial charge in [-0.1, -0.05) is 30.3 Å². The number of fused-ring (bicyclic) bond motifs is 1. The Kier molecular flexibility index (Phi) is 3.39. The Bertz CT molecular complexity index is 738. The molecule has 19 heavy (non-hydrogen) atoms. The van der Waals surface area contributed by atoms with E-state index in [-0.39, 0.29) is 11.9 Å². The zero-order valence-corrected chi connectivity index (χ0v) is 12.3. The summed E-state index contributed by atoms with van der Waals surface area (Å²) in [7, 11) is 0. The lowest BCUT2D eigenvalue weighted by Gasteiger charge is -2.14. The van der Waals surface area contributed by atoms with Gasteiger partial charge in [-0.2, -0.15) is 0 Å². The molecule has 4 heteroatoms. The lowest BCUT2D eigenvalue weighted by molar-refractivity contribution is 0.616. The molecule has 0 saturated heterocycles. The molecule has 0 bridgehead atoms. The van der Waals surface area contributed by atoms with Gasteiger partial charge in [0, 0.05) is 4.70 Å². The number of rotatable bonds is 2. The van der Waals surface area contributed by atoms with E-state index in [1.807, 2.05) is 29.6 Å². The van der Waals surface area contributed by atoms with Gasteiger partial charge in [0.2, 0.25) is 0 Å². The topological polar surface area (TPSA) is 26.0 Å². The highest BCUT2D eigenvalue weighted by Gasteiger charge is 2.17. The Labute approximate surface area is 123 Å². The predicted molar refractivity (Wildman–Crippen MR) is 82.0 cm³/mol. The molecule has 3 aromatic rings. The molecule has 0 aliphatic heterocycles. The van der Waals surface area contributed by atoms with Crippen molar-refractivity contribution in [3.8, 4) is 0 Å². The number of thiophene rings is 1. The predicted octanol–water partition coefficient (Wildman–Crippen LogP) is 4.85. The van der Waals surface area contributed by atoms with E-state index in [0.29, 0.717) is 4.47 Å². The lowest BCUT2D eigenvalue weighted by Crippen LogP contribution is -2.12. The minimum absolute atomic E-state index is 0.285. The summed E-state index contributed by atoms with van der Waals surface area (Å²) in [5.74, 6) is -0.285. The molecule has 1 aromatic heterocycles. The van der Waals surface area contributed by atoms with Crippen LogP contribution in [0.25, 0.3) is 10.1 Å². The maximum Gasteiger partial charge on any atom is 0.137 e. The van der Waals surface area contributed by atoms with E-state index in [9.17, 15) is 4.39 Å². The van der Waals surface area contributed by atoms with Gasteiger partial charge in [0.05, 0.1) is 10.5 Å². The molecule has 0 amide bonds. The van der Waals surface area contributed by atoms with Crippen molar-refractivity contribution in [2.75, 3.05) is 0 Å². The van der Waals surface area contributed by atoms with E-state index in [4.69, 9.17) is 5.73 Å². The van der Waals surface area contributed by atoms with Crippen LogP contribution in [0.2, 0.25) is 0 Å². The highest BCUT2D eigenvalue weighted by molar-refractivity contribution is 9.10. The van der Waals surface area contributed by atoms with Crippen LogP contribution in [0.5, 0.6) is 0 Å². The standard InChI is InChI=1S/C15H11BrFNS/c16-14-10(5-3-6-12(14)17)15(18)11-8-19-13-7-2-1-4-9(11)13/h1-8,15H,18H2. The molecule has 1 nitrogen and oxygen atoms in total. The Balaban J connectivity index is 2.13. The first-order valence-electron chi connectivity index (χ1n) is 5.84. The third-order valence-electron chi connectivity index (χ3n) is 3.16. The number of nitrogens with two attached hydrogens (primary N) is 1. The molecule has 0 aliphatic rings. The average molecular weight is 336 g/mol. The SMILES string of the molecule is NC(c1cccc(F)c1Br)c1csc2ccccc12. The maximum atomic E-state index is 13.6. The number of hydrogen-bond donors (Lipinski definition) is 1. The van der Waals surface area contributed by atoms with Crippen LogP contribution in [0.3, 0.4) is 0 Å². The summed E-state index contributed by atoms with van der Waals surface area (Å²) in [5, 5.41) is 3.18. The van der Waals surface area contributed by atoms with E-state index >= 15 is 0 Å². The number of halogens is 2. The van der Waals surface area contributed by atoms with Gasteiger partial charge in [-0.25, -0.2) is 4.39 Å². The molecule has 1 atom stereocenters. The van der Waals surface area contributed by atoms with Gasteiger partial charge in [-0.15, -0.1) is 11.3 Å². The minimum atomic E-state index is -0.332. The Morgan fingerprint density at radius 1 is 1.05 bits per heavy atom. The van der Waals surface area contributed by atoms with Gasteiger partial charge >= 0.3 is 0 Å². The van der Waals surface area contributed by atoms with Gasteiger partial charge in [0.25, 0.3) is 0 Å². The Morgan fingerprint density at radius 3 is 2.68 bits per heavy atom. The van der Waals surface area contributed by atoms with Crippen LogP contribution in [0.1, 0.15) is 17.2 Å². The summed E-state index contributed by atoms with van der Waals surface area (Å²) in [6, 6.07) is 12.7. The number of hydrogen-bond acceptors (Lipinski definition) is 2. The van der Waals surface area contributed by atoms with E-state index in [0.717, 1.165) is 16.5 Å². The molecular formula is C15H11BrFNS. The zero-order valence-electron chi connectivity index (χ0n) is 9.94. The fourth-order valence-electron chi connectivity index (χ4n) is 2.17. The molecule has 0 fully saturated rings. The molecule has 1 unspecified atom stereocenters. The van der Waals surface area contributed by atoms with Crippen molar-refractivity contribution in [3.63, 3.8) is 0 Å². The monoisotopic (exact) mass is 335 g/mol. The van der Waals surface area contributed by atoms with Crippen molar-refractivity contribution in [1.29, 1.82) is 0 Å². The van der Waals surface area contributed by atoms with Crippen molar-refractivity contribution in [2.24, 2.45) is 5.73 Å². The van der Waals surface area contributed by atoms with E-state index < -0.39 is 0 Å². The van der Waals surface area contributed by atoms with Crippen molar-refractivity contribution >= 4 is 37.4 Å². The first-order chi connectivity index (χ1) is 9.18. The third kappa shape index (κ3) is 2.20. The smallest absolute Gasteiger partial charge is 0.137 e. The van der Waals surface area contributed by atoms with Crippen molar-refractivity contribution in [3.05, 3.63) is 69.3 Å². The van der Waals surface area contributed by atoms with Crippen LogP contribution in [-0.4, -0.2) is 0 Å². The molecule has 96 valence electrons. The van der Waals surface area contributed by atoms with Crippen LogP contribution >= 0.6 is 27.3 Å². The van der Waals surface area contributed by atoms with E-state index in [2.05, 4.69) is 22.0 Å². The molecule has 0 spiro atoms. The summed E-state index contributed by atoms with van der Waals surface area (Å²) in [6.45, 7) is 0. The van der Waals surface area contributed by atoms with Crippen LogP contribution < -0.4 is 5.73 Å². The fourth-order valence-corrected chi connectivity index (χ4v) is 3.68. The molecule has 3 rings (SSSR count). The molecule has 2 N–H and O–H groups in total. The second-order valence-electron chi connectivity index (χ2n) is 4.31. The van der Waals surface area contributed by atoms with Gasteiger partial charge in [-0.3, -0.25) is 0 Å². The molecule has 1 heterocycles. The maximum absolute atomic E-state index is 13.6. The lowest BCUT2D eigenvalue weighted by atomic mass is 9.99. The van der Waals surface area contributed by atoms with Crippen LogP contribution in [-0.2, 0) is 0 Å². The summed E-state index contributed by atoms with van der Waals surface area (Å²) in [4.78, 5) is 0. The van der Waals surface area contributed by atoms with Crippen molar-refractivity contribution < 1.29 is 4.39 Å². The normalized spacial score (nSPS) is 12.8. The Hall–Kier alpha value is -1.23.